The predicted molar refractivity (Wildman–Crippen MR) is 83.3 cm³/mol. The van der Waals surface area contributed by atoms with Crippen LogP contribution in [0.25, 0.3) is 10.9 Å². The number of nitrogens with zero attached hydrogens (tertiary/aromatic N) is 2. The van der Waals surface area contributed by atoms with Crippen LogP contribution in [0, 0.1) is 0 Å². The van der Waals surface area contributed by atoms with E-state index in [0.29, 0.717) is 22.8 Å². The second-order valence-electron chi connectivity index (χ2n) is 4.80. The average Bonchev–Trinajstić information content (AvgIpc) is 2.90. The van der Waals surface area contributed by atoms with Crippen LogP contribution in [0.15, 0.2) is 48.7 Å². The molecule has 4 nitrogen and oxygen atoms in total. The maximum atomic E-state index is 12.2. The maximum absolute atomic E-state index is 12.2. The fraction of sp³-hybridized carbons (Fsp3) is 0.125. The second-order valence-corrected chi connectivity index (χ2v) is 5.21. The molecular weight excluding hydrogens is 286 g/mol. The molecule has 0 unspecified atom stereocenters. The van der Waals surface area contributed by atoms with Crippen molar-refractivity contribution < 1.29 is 4.79 Å². The number of carbonyl (C=O) groups is 1. The lowest BCUT2D eigenvalue weighted by Crippen LogP contribution is -2.24. The molecule has 3 rings (SSSR count). The number of pyridine rings is 1. The number of rotatable bonds is 3. The highest BCUT2D eigenvalue weighted by Gasteiger charge is 2.11. The van der Waals surface area contributed by atoms with Crippen molar-refractivity contribution in [1.29, 1.82) is 0 Å². The Morgan fingerprint density at radius 1 is 1.29 bits per heavy atom. The van der Waals surface area contributed by atoms with Gasteiger partial charge in [-0.05, 0) is 24.3 Å². The van der Waals surface area contributed by atoms with Gasteiger partial charge >= 0.3 is 0 Å². The molecule has 2 heterocycles. The first kappa shape index (κ1) is 13.6. The van der Waals surface area contributed by atoms with Crippen LogP contribution in [0.5, 0.6) is 0 Å². The van der Waals surface area contributed by atoms with E-state index >= 15 is 0 Å². The number of nitrogens with one attached hydrogen (secondary N) is 1. The Kier molecular flexibility index (Phi) is 3.62. The summed E-state index contributed by atoms with van der Waals surface area (Å²) in [6.07, 6.45) is 1.94. The van der Waals surface area contributed by atoms with Crippen LogP contribution < -0.4 is 5.32 Å². The minimum absolute atomic E-state index is 0.233. The summed E-state index contributed by atoms with van der Waals surface area (Å²) in [5.74, 6) is -0.233. The van der Waals surface area contributed by atoms with Crippen molar-refractivity contribution in [2.75, 3.05) is 0 Å². The molecule has 0 fully saturated rings. The number of fused-ring (bicyclic) bond motifs is 1. The number of carbonyl (C=O) groups excluding carboxylic acids is 1. The Balaban J connectivity index is 1.83. The van der Waals surface area contributed by atoms with Gasteiger partial charge in [-0.1, -0.05) is 29.8 Å². The second kappa shape index (κ2) is 5.58. The van der Waals surface area contributed by atoms with Gasteiger partial charge in [-0.25, -0.2) is 4.98 Å². The summed E-state index contributed by atoms with van der Waals surface area (Å²) < 4.78 is 1.96. The van der Waals surface area contributed by atoms with Gasteiger partial charge in [0.05, 0.1) is 17.1 Å². The third-order valence-corrected chi connectivity index (χ3v) is 3.69. The van der Waals surface area contributed by atoms with E-state index in [0.717, 1.165) is 11.1 Å². The van der Waals surface area contributed by atoms with E-state index in [2.05, 4.69) is 10.3 Å². The molecule has 21 heavy (non-hydrogen) atoms. The van der Waals surface area contributed by atoms with Gasteiger partial charge in [-0.2, -0.15) is 0 Å². The molecule has 3 aromatic rings. The minimum Gasteiger partial charge on any atom is -0.353 e. The van der Waals surface area contributed by atoms with Crippen LogP contribution in [-0.2, 0) is 13.6 Å². The Morgan fingerprint density at radius 2 is 2.10 bits per heavy atom. The highest BCUT2D eigenvalue weighted by atomic mass is 35.5. The summed E-state index contributed by atoms with van der Waals surface area (Å²) >= 11 is 6.21. The number of hydrogen-bond donors (Lipinski definition) is 1. The number of amides is 1. The fourth-order valence-electron chi connectivity index (χ4n) is 2.19. The van der Waals surface area contributed by atoms with Crippen molar-refractivity contribution in [2.45, 2.75) is 6.54 Å². The molecular formula is C16H14ClN3O. The molecule has 5 heteroatoms. The topological polar surface area (TPSA) is 46.9 Å². The molecule has 0 saturated heterocycles. The lowest BCUT2D eigenvalue weighted by molar-refractivity contribution is 0.0945. The van der Waals surface area contributed by atoms with E-state index in [4.69, 9.17) is 11.6 Å². The average molecular weight is 300 g/mol. The first-order chi connectivity index (χ1) is 10.1. The Hall–Kier alpha value is -2.33. The molecule has 0 bridgehead atoms. The lowest BCUT2D eigenvalue weighted by atomic mass is 10.2. The molecule has 0 aliphatic rings. The molecule has 0 saturated carbocycles. The normalized spacial score (nSPS) is 10.8. The Labute approximate surface area is 127 Å². The van der Waals surface area contributed by atoms with Gasteiger partial charge in [0, 0.05) is 24.3 Å². The Morgan fingerprint density at radius 3 is 2.86 bits per heavy atom. The largest absolute Gasteiger partial charge is 0.353 e. The third kappa shape index (κ3) is 2.76. The molecule has 2 aromatic heterocycles. The number of aryl methyl sites for hydroxylation is 1. The monoisotopic (exact) mass is 299 g/mol. The molecule has 0 spiro atoms. The number of hydrogen-bond acceptors (Lipinski definition) is 2. The van der Waals surface area contributed by atoms with E-state index in [9.17, 15) is 4.79 Å². The quantitative estimate of drug-likeness (QED) is 0.807. The molecule has 1 aromatic carbocycles. The van der Waals surface area contributed by atoms with E-state index in [1.807, 2.05) is 54.2 Å². The summed E-state index contributed by atoms with van der Waals surface area (Å²) in [4.78, 5) is 16.6. The van der Waals surface area contributed by atoms with Crippen molar-refractivity contribution in [2.24, 2.45) is 7.05 Å². The van der Waals surface area contributed by atoms with Crippen LogP contribution in [0.1, 0.15) is 16.2 Å². The van der Waals surface area contributed by atoms with Crippen molar-refractivity contribution >= 4 is 28.4 Å². The highest BCUT2D eigenvalue weighted by Crippen LogP contribution is 2.22. The van der Waals surface area contributed by atoms with Crippen LogP contribution in [0.4, 0.5) is 0 Å². The van der Waals surface area contributed by atoms with Crippen molar-refractivity contribution in [3.8, 4) is 0 Å². The van der Waals surface area contributed by atoms with Crippen LogP contribution in [0.2, 0.25) is 5.02 Å². The first-order valence-corrected chi connectivity index (χ1v) is 6.96. The van der Waals surface area contributed by atoms with E-state index in [-0.39, 0.29) is 5.91 Å². The fourth-order valence-corrected chi connectivity index (χ4v) is 2.45. The molecule has 0 atom stereocenters. The van der Waals surface area contributed by atoms with Crippen molar-refractivity contribution in [3.05, 3.63) is 65.1 Å². The molecule has 0 aliphatic heterocycles. The maximum Gasteiger partial charge on any atom is 0.270 e. The van der Waals surface area contributed by atoms with Crippen LogP contribution in [-0.4, -0.2) is 15.5 Å². The van der Waals surface area contributed by atoms with Crippen molar-refractivity contribution in [3.63, 3.8) is 0 Å². The third-order valence-electron chi connectivity index (χ3n) is 3.38. The zero-order valence-corrected chi connectivity index (χ0v) is 12.3. The number of benzene rings is 1. The van der Waals surface area contributed by atoms with Gasteiger partial charge in [0.15, 0.2) is 0 Å². The highest BCUT2D eigenvalue weighted by molar-refractivity contribution is 6.35. The van der Waals surface area contributed by atoms with Gasteiger partial charge in [-0.3, -0.25) is 4.79 Å². The van der Waals surface area contributed by atoms with Crippen LogP contribution in [0.3, 0.4) is 0 Å². The summed E-state index contributed by atoms with van der Waals surface area (Å²) in [7, 11) is 1.94. The smallest absolute Gasteiger partial charge is 0.270 e. The minimum atomic E-state index is -0.233. The molecule has 0 aliphatic carbocycles. The molecule has 106 valence electrons. The van der Waals surface area contributed by atoms with E-state index in [1.165, 1.54) is 0 Å². The van der Waals surface area contributed by atoms with E-state index in [1.54, 1.807) is 6.07 Å². The molecule has 1 amide bonds. The summed E-state index contributed by atoms with van der Waals surface area (Å²) in [5, 5.41) is 4.23. The van der Waals surface area contributed by atoms with Crippen LogP contribution >= 0.6 is 11.6 Å². The predicted octanol–water partition coefficient (Wildman–Crippen LogP) is 3.16. The van der Waals surface area contributed by atoms with Gasteiger partial charge < -0.3 is 9.88 Å². The summed E-state index contributed by atoms with van der Waals surface area (Å²) in [6.45, 7) is 0.453. The molecule has 0 radical (unpaired) electrons. The van der Waals surface area contributed by atoms with Gasteiger partial charge in [-0.15, -0.1) is 0 Å². The standard InChI is InChI=1S/C16H14ClN3O/c1-20-8-4-5-11(20)10-18-16(21)15-9-13(17)12-6-2-3-7-14(12)19-15/h2-9H,10H2,1H3,(H,18,21). The summed E-state index contributed by atoms with van der Waals surface area (Å²) in [5.41, 5.74) is 2.07. The first-order valence-electron chi connectivity index (χ1n) is 6.59. The van der Waals surface area contributed by atoms with E-state index < -0.39 is 0 Å². The Bertz CT molecular complexity index is 810. The lowest BCUT2D eigenvalue weighted by Gasteiger charge is -2.07. The van der Waals surface area contributed by atoms with Crippen molar-refractivity contribution in [1.82, 2.24) is 14.9 Å². The SMILES string of the molecule is Cn1cccc1CNC(=O)c1cc(Cl)c2ccccc2n1. The number of aromatic nitrogens is 2. The van der Waals surface area contributed by atoms with Gasteiger partial charge in [0.1, 0.15) is 5.69 Å². The molecule has 1 N–H and O–H groups in total. The number of halogens is 1. The van der Waals surface area contributed by atoms with Gasteiger partial charge in [0.2, 0.25) is 0 Å². The summed E-state index contributed by atoms with van der Waals surface area (Å²) in [6, 6.07) is 13.0. The zero-order valence-electron chi connectivity index (χ0n) is 11.5. The number of para-hydroxylation sites is 1. The zero-order chi connectivity index (χ0) is 14.8. The van der Waals surface area contributed by atoms with Gasteiger partial charge in [0.25, 0.3) is 5.91 Å².